The number of anilines is 1. The first-order valence-corrected chi connectivity index (χ1v) is 5.68. The Morgan fingerprint density at radius 1 is 1.39 bits per heavy atom. The first kappa shape index (κ1) is 12.2. The van der Waals surface area contributed by atoms with Gasteiger partial charge in [-0.15, -0.1) is 0 Å². The van der Waals surface area contributed by atoms with E-state index in [1.54, 1.807) is 25.3 Å². The Labute approximate surface area is 105 Å². The first-order chi connectivity index (χ1) is 8.79. The van der Waals surface area contributed by atoms with Gasteiger partial charge in [0.1, 0.15) is 5.76 Å². The van der Waals surface area contributed by atoms with Crippen molar-refractivity contribution in [1.82, 2.24) is 4.98 Å². The topological polar surface area (TPSA) is 64.4 Å². The quantitative estimate of drug-likeness (QED) is 0.821. The largest absolute Gasteiger partial charge is 0.462 e. The summed E-state index contributed by atoms with van der Waals surface area (Å²) >= 11 is 0. The van der Waals surface area contributed by atoms with Gasteiger partial charge in [-0.1, -0.05) is 0 Å². The lowest BCUT2D eigenvalue weighted by Gasteiger charge is -2.05. The van der Waals surface area contributed by atoms with Crippen LogP contribution in [0.3, 0.4) is 0 Å². The maximum Gasteiger partial charge on any atom is 0.338 e. The van der Waals surface area contributed by atoms with E-state index >= 15 is 0 Å². The minimum absolute atomic E-state index is 0.306. The molecule has 0 saturated carbocycles. The van der Waals surface area contributed by atoms with Crippen LogP contribution in [0, 0.1) is 0 Å². The van der Waals surface area contributed by atoms with Crippen LogP contribution >= 0.6 is 0 Å². The van der Waals surface area contributed by atoms with Gasteiger partial charge in [0, 0.05) is 5.69 Å². The van der Waals surface area contributed by atoms with Crippen molar-refractivity contribution in [2.24, 2.45) is 0 Å². The van der Waals surface area contributed by atoms with Gasteiger partial charge in [-0.2, -0.15) is 0 Å². The number of benzene rings is 1. The summed E-state index contributed by atoms with van der Waals surface area (Å²) in [6, 6.07) is 7.09. The molecule has 0 amide bonds. The molecule has 0 unspecified atom stereocenters. The molecule has 0 spiro atoms. The Bertz CT molecular complexity index is 491. The van der Waals surface area contributed by atoms with Crippen LogP contribution in [0.2, 0.25) is 0 Å². The molecule has 1 aromatic carbocycles. The third-order valence-electron chi connectivity index (χ3n) is 2.35. The Morgan fingerprint density at radius 2 is 2.17 bits per heavy atom. The Hall–Kier alpha value is -2.30. The molecule has 0 aliphatic rings. The molecule has 1 N–H and O–H groups in total. The van der Waals surface area contributed by atoms with Gasteiger partial charge in [-0.3, -0.25) is 0 Å². The van der Waals surface area contributed by atoms with Gasteiger partial charge < -0.3 is 14.5 Å². The van der Waals surface area contributed by atoms with Crippen molar-refractivity contribution >= 4 is 11.7 Å². The molecule has 0 saturated heterocycles. The van der Waals surface area contributed by atoms with E-state index in [0.717, 1.165) is 11.4 Å². The van der Waals surface area contributed by atoms with E-state index in [2.05, 4.69) is 10.3 Å². The fraction of sp³-hybridized carbons (Fsp3) is 0.231. The Balaban J connectivity index is 1.93. The number of nitrogens with zero attached hydrogens (tertiary/aromatic N) is 1. The predicted molar refractivity (Wildman–Crippen MR) is 66.2 cm³/mol. The maximum absolute atomic E-state index is 11.4. The molecule has 94 valence electrons. The Kier molecular flexibility index (Phi) is 3.96. The number of hydrogen-bond donors (Lipinski definition) is 1. The molecule has 2 rings (SSSR count). The van der Waals surface area contributed by atoms with Gasteiger partial charge in [-0.05, 0) is 31.2 Å². The second-order valence-corrected chi connectivity index (χ2v) is 3.62. The van der Waals surface area contributed by atoms with Gasteiger partial charge >= 0.3 is 5.97 Å². The van der Waals surface area contributed by atoms with Gasteiger partial charge in [-0.25, -0.2) is 9.78 Å². The average molecular weight is 246 g/mol. The van der Waals surface area contributed by atoms with Crippen molar-refractivity contribution in [1.29, 1.82) is 0 Å². The van der Waals surface area contributed by atoms with Crippen LogP contribution in [0.4, 0.5) is 5.69 Å². The highest BCUT2D eigenvalue weighted by molar-refractivity contribution is 5.89. The molecule has 2 aromatic rings. The summed E-state index contributed by atoms with van der Waals surface area (Å²) in [4.78, 5) is 15.3. The summed E-state index contributed by atoms with van der Waals surface area (Å²) in [6.07, 6.45) is 3.04. The highest BCUT2D eigenvalue weighted by Gasteiger charge is 2.05. The fourth-order valence-corrected chi connectivity index (χ4v) is 1.46. The normalized spacial score (nSPS) is 10.1. The van der Waals surface area contributed by atoms with Crippen molar-refractivity contribution in [3.8, 4) is 0 Å². The number of hydrogen-bond acceptors (Lipinski definition) is 5. The van der Waals surface area contributed by atoms with Gasteiger partial charge in [0.25, 0.3) is 0 Å². The second kappa shape index (κ2) is 5.86. The second-order valence-electron chi connectivity index (χ2n) is 3.62. The molecule has 1 aromatic heterocycles. The van der Waals surface area contributed by atoms with E-state index < -0.39 is 0 Å². The summed E-state index contributed by atoms with van der Waals surface area (Å²) in [7, 11) is 0. The van der Waals surface area contributed by atoms with Gasteiger partial charge in [0.05, 0.1) is 24.9 Å². The van der Waals surface area contributed by atoms with Crippen molar-refractivity contribution < 1.29 is 13.9 Å². The lowest BCUT2D eigenvalue weighted by molar-refractivity contribution is 0.0526. The average Bonchev–Trinajstić information content (AvgIpc) is 2.90. The third-order valence-corrected chi connectivity index (χ3v) is 2.35. The van der Waals surface area contributed by atoms with Crippen molar-refractivity contribution in [3.05, 3.63) is 48.2 Å². The van der Waals surface area contributed by atoms with Crippen molar-refractivity contribution in [3.63, 3.8) is 0 Å². The third kappa shape index (κ3) is 3.10. The number of aromatic nitrogens is 1. The summed E-state index contributed by atoms with van der Waals surface area (Å²) in [5.41, 5.74) is 1.45. The number of rotatable bonds is 5. The van der Waals surface area contributed by atoms with Crippen LogP contribution in [0.1, 0.15) is 23.0 Å². The highest BCUT2D eigenvalue weighted by atomic mass is 16.5. The molecular formula is C13H14N2O3. The lowest BCUT2D eigenvalue weighted by atomic mass is 10.2. The highest BCUT2D eigenvalue weighted by Crippen LogP contribution is 2.12. The molecule has 18 heavy (non-hydrogen) atoms. The van der Waals surface area contributed by atoms with Gasteiger partial charge in [0.2, 0.25) is 0 Å². The molecule has 1 heterocycles. The first-order valence-electron chi connectivity index (χ1n) is 5.68. The molecule has 0 aliphatic heterocycles. The molecule has 5 nitrogen and oxygen atoms in total. The van der Waals surface area contributed by atoms with Gasteiger partial charge in [0.15, 0.2) is 6.39 Å². The molecule has 5 heteroatoms. The van der Waals surface area contributed by atoms with E-state index in [1.807, 2.05) is 12.1 Å². The SMILES string of the molecule is CCOC(=O)c1ccc(NCc2cnco2)cc1. The van der Waals surface area contributed by atoms with Crippen molar-refractivity contribution in [2.75, 3.05) is 11.9 Å². The fourth-order valence-electron chi connectivity index (χ4n) is 1.46. The van der Waals surface area contributed by atoms with Crippen LogP contribution in [0.5, 0.6) is 0 Å². The number of carbonyl (C=O) groups excluding carboxylic acids is 1. The summed E-state index contributed by atoms with van der Waals surface area (Å²) < 4.78 is 10.0. The zero-order valence-corrected chi connectivity index (χ0v) is 10.1. The molecule has 0 atom stereocenters. The number of oxazole rings is 1. The predicted octanol–water partition coefficient (Wildman–Crippen LogP) is 2.46. The minimum Gasteiger partial charge on any atom is -0.462 e. The molecule has 0 bridgehead atoms. The zero-order chi connectivity index (χ0) is 12.8. The van der Waals surface area contributed by atoms with Crippen LogP contribution in [-0.2, 0) is 11.3 Å². The van der Waals surface area contributed by atoms with E-state index in [-0.39, 0.29) is 5.97 Å². The number of esters is 1. The molecule has 0 aliphatic carbocycles. The summed E-state index contributed by atoms with van der Waals surface area (Å²) in [6.45, 7) is 2.72. The summed E-state index contributed by atoms with van der Waals surface area (Å²) in [5, 5.41) is 3.16. The van der Waals surface area contributed by atoms with E-state index in [1.165, 1.54) is 6.39 Å². The molecule has 0 radical (unpaired) electrons. The lowest BCUT2D eigenvalue weighted by Crippen LogP contribution is -2.05. The van der Waals surface area contributed by atoms with Crippen LogP contribution in [0.15, 0.2) is 41.3 Å². The summed E-state index contributed by atoms with van der Waals surface area (Å²) in [5.74, 6) is 0.448. The monoisotopic (exact) mass is 246 g/mol. The number of ether oxygens (including phenoxy) is 1. The van der Waals surface area contributed by atoms with Crippen molar-refractivity contribution in [2.45, 2.75) is 13.5 Å². The molecule has 0 fully saturated rings. The number of carbonyl (C=O) groups is 1. The van der Waals surface area contributed by atoms with E-state index in [0.29, 0.717) is 18.7 Å². The Morgan fingerprint density at radius 3 is 2.78 bits per heavy atom. The standard InChI is InChI=1S/C13H14N2O3/c1-2-17-13(16)10-3-5-11(6-4-10)15-8-12-7-14-9-18-12/h3-7,9,15H,2,8H2,1H3. The van der Waals surface area contributed by atoms with Crippen LogP contribution in [-0.4, -0.2) is 17.6 Å². The van der Waals surface area contributed by atoms with E-state index in [9.17, 15) is 4.79 Å². The smallest absolute Gasteiger partial charge is 0.338 e. The number of nitrogens with one attached hydrogen (secondary N) is 1. The minimum atomic E-state index is -0.306. The maximum atomic E-state index is 11.4. The van der Waals surface area contributed by atoms with Crippen LogP contribution in [0.25, 0.3) is 0 Å². The van der Waals surface area contributed by atoms with Crippen LogP contribution < -0.4 is 5.32 Å². The molecular weight excluding hydrogens is 232 g/mol. The zero-order valence-electron chi connectivity index (χ0n) is 10.1. The van der Waals surface area contributed by atoms with E-state index in [4.69, 9.17) is 9.15 Å².